The SMILES string of the molecule is CC1(CC(=O)O)CC(c2cccc(C#N)c2)=NO1. The van der Waals surface area contributed by atoms with E-state index in [0.717, 1.165) is 5.56 Å². The molecule has 1 aromatic rings. The first-order chi connectivity index (χ1) is 8.52. The van der Waals surface area contributed by atoms with Gasteiger partial charge >= 0.3 is 5.97 Å². The van der Waals surface area contributed by atoms with E-state index in [4.69, 9.17) is 15.2 Å². The maximum Gasteiger partial charge on any atom is 0.307 e. The molecule has 92 valence electrons. The average Bonchev–Trinajstić information content (AvgIpc) is 2.70. The summed E-state index contributed by atoms with van der Waals surface area (Å²) < 4.78 is 0. The lowest BCUT2D eigenvalue weighted by atomic mass is 9.92. The summed E-state index contributed by atoms with van der Waals surface area (Å²) in [5.74, 6) is -0.917. The maximum absolute atomic E-state index is 10.7. The van der Waals surface area contributed by atoms with E-state index in [0.29, 0.717) is 17.7 Å². The Morgan fingerprint density at radius 3 is 3.11 bits per heavy atom. The largest absolute Gasteiger partial charge is 0.481 e. The highest BCUT2D eigenvalue weighted by atomic mass is 16.7. The summed E-state index contributed by atoms with van der Waals surface area (Å²) in [6.45, 7) is 1.71. The van der Waals surface area contributed by atoms with Crippen molar-refractivity contribution in [1.82, 2.24) is 0 Å². The molecule has 0 bridgehead atoms. The second kappa shape index (κ2) is 4.49. The van der Waals surface area contributed by atoms with E-state index >= 15 is 0 Å². The molecular weight excluding hydrogens is 232 g/mol. The smallest absolute Gasteiger partial charge is 0.307 e. The molecule has 0 aliphatic carbocycles. The lowest BCUT2D eigenvalue weighted by Gasteiger charge is -2.18. The number of carboxylic acid groups (broad SMARTS) is 1. The second-order valence-electron chi connectivity index (χ2n) is 4.52. The number of nitriles is 1. The third-order valence-electron chi connectivity index (χ3n) is 2.77. The topological polar surface area (TPSA) is 82.7 Å². The minimum absolute atomic E-state index is 0.0993. The third-order valence-corrected chi connectivity index (χ3v) is 2.77. The number of carboxylic acids is 1. The van der Waals surface area contributed by atoms with Crippen molar-refractivity contribution in [3.63, 3.8) is 0 Å². The first-order valence-corrected chi connectivity index (χ1v) is 5.50. The van der Waals surface area contributed by atoms with Crippen LogP contribution in [0.1, 0.15) is 30.9 Å². The Kier molecular flexibility index (Phi) is 3.02. The van der Waals surface area contributed by atoms with Crippen LogP contribution in [0.25, 0.3) is 0 Å². The van der Waals surface area contributed by atoms with Gasteiger partial charge in [0.2, 0.25) is 0 Å². The Morgan fingerprint density at radius 1 is 1.67 bits per heavy atom. The van der Waals surface area contributed by atoms with Crippen molar-refractivity contribution in [2.75, 3.05) is 0 Å². The first-order valence-electron chi connectivity index (χ1n) is 5.50. The Labute approximate surface area is 104 Å². The number of hydrogen-bond donors (Lipinski definition) is 1. The summed E-state index contributed by atoms with van der Waals surface area (Å²) in [6, 6.07) is 9.07. The number of benzene rings is 1. The minimum Gasteiger partial charge on any atom is -0.481 e. The predicted molar refractivity (Wildman–Crippen MR) is 64.1 cm³/mol. The van der Waals surface area contributed by atoms with Crippen molar-refractivity contribution in [2.24, 2.45) is 5.16 Å². The van der Waals surface area contributed by atoms with Gasteiger partial charge in [-0.05, 0) is 19.1 Å². The summed E-state index contributed by atoms with van der Waals surface area (Å²) in [6.07, 6.45) is 0.326. The molecule has 0 aromatic heterocycles. The van der Waals surface area contributed by atoms with Gasteiger partial charge in [-0.25, -0.2) is 0 Å². The van der Waals surface area contributed by atoms with Crippen LogP contribution in [0.5, 0.6) is 0 Å². The van der Waals surface area contributed by atoms with Crippen LogP contribution in [-0.2, 0) is 9.63 Å². The van der Waals surface area contributed by atoms with E-state index in [9.17, 15) is 4.79 Å². The number of hydrogen-bond acceptors (Lipinski definition) is 4. The monoisotopic (exact) mass is 244 g/mol. The van der Waals surface area contributed by atoms with Crippen LogP contribution in [0.2, 0.25) is 0 Å². The number of aliphatic carboxylic acids is 1. The van der Waals surface area contributed by atoms with Crippen LogP contribution in [-0.4, -0.2) is 22.4 Å². The van der Waals surface area contributed by atoms with E-state index in [-0.39, 0.29) is 6.42 Å². The van der Waals surface area contributed by atoms with Gasteiger partial charge in [-0.1, -0.05) is 17.3 Å². The van der Waals surface area contributed by atoms with Crippen molar-refractivity contribution in [2.45, 2.75) is 25.4 Å². The van der Waals surface area contributed by atoms with E-state index < -0.39 is 11.6 Å². The van der Waals surface area contributed by atoms with Gasteiger partial charge in [-0.3, -0.25) is 4.79 Å². The van der Waals surface area contributed by atoms with Crippen molar-refractivity contribution in [1.29, 1.82) is 5.26 Å². The van der Waals surface area contributed by atoms with Crippen LogP contribution < -0.4 is 0 Å². The molecule has 1 unspecified atom stereocenters. The molecule has 2 rings (SSSR count). The van der Waals surface area contributed by atoms with Gasteiger partial charge in [0, 0.05) is 12.0 Å². The molecule has 1 N–H and O–H groups in total. The lowest BCUT2D eigenvalue weighted by Crippen LogP contribution is -2.28. The molecule has 5 heteroatoms. The normalized spacial score (nSPS) is 21.9. The molecule has 0 amide bonds. The molecule has 5 nitrogen and oxygen atoms in total. The standard InChI is InChI=1S/C13H12N2O3/c1-13(7-12(16)17)6-11(15-18-13)10-4-2-3-9(5-10)8-14/h2-5H,6-7H2,1H3,(H,16,17). The van der Waals surface area contributed by atoms with Gasteiger partial charge in [0.25, 0.3) is 0 Å². The molecule has 0 radical (unpaired) electrons. The van der Waals surface area contributed by atoms with Crippen LogP contribution in [0.15, 0.2) is 29.4 Å². The highest BCUT2D eigenvalue weighted by Gasteiger charge is 2.37. The highest BCUT2D eigenvalue weighted by molar-refractivity contribution is 6.02. The minimum atomic E-state index is -0.917. The average molecular weight is 244 g/mol. The Balaban J connectivity index is 2.17. The number of carbonyl (C=O) groups is 1. The fourth-order valence-electron chi connectivity index (χ4n) is 1.92. The van der Waals surface area contributed by atoms with Crippen LogP contribution in [0.3, 0.4) is 0 Å². The van der Waals surface area contributed by atoms with Gasteiger partial charge in [0.1, 0.15) is 0 Å². The van der Waals surface area contributed by atoms with Gasteiger partial charge in [0.15, 0.2) is 5.60 Å². The lowest BCUT2D eigenvalue weighted by molar-refractivity contribution is -0.143. The van der Waals surface area contributed by atoms with Gasteiger partial charge in [0.05, 0.1) is 23.8 Å². The number of oxime groups is 1. The third kappa shape index (κ3) is 2.48. The van der Waals surface area contributed by atoms with Crippen molar-refractivity contribution in [3.8, 4) is 6.07 Å². The van der Waals surface area contributed by atoms with E-state index in [2.05, 4.69) is 11.2 Å². The maximum atomic E-state index is 10.7. The molecule has 0 saturated heterocycles. The molecule has 1 aliphatic rings. The van der Waals surface area contributed by atoms with Crippen molar-refractivity contribution >= 4 is 11.7 Å². The molecule has 1 aromatic carbocycles. The first kappa shape index (κ1) is 12.1. The van der Waals surface area contributed by atoms with Gasteiger partial charge in [-0.2, -0.15) is 5.26 Å². The molecule has 0 saturated carbocycles. The molecule has 18 heavy (non-hydrogen) atoms. The fraction of sp³-hybridized carbons (Fsp3) is 0.308. The summed E-state index contributed by atoms with van der Waals surface area (Å²) in [5.41, 5.74) is 1.21. The molecule has 1 aliphatic heterocycles. The summed E-state index contributed by atoms with van der Waals surface area (Å²) in [7, 11) is 0. The summed E-state index contributed by atoms with van der Waals surface area (Å²) in [5, 5.41) is 21.6. The predicted octanol–water partition coefficient (Wildman–Crippen LogP) is 1.92. The van der Waals surface area contributed by atoms with Crippen LogP contribution >= 0.6 is 0 Å². The van der Waals surface area contributed by atoms with Crippen molar-refractivity contribution in [3.05, 3.63) is 35.4 Å². The zero-order valence-corrected chi connectivity index (χ0v) is 9.88. The van der Waals surface area contributed by atoms with Crippen molar-refractivity contribution < 1.29 is 14.7 Å². The van der Waals surface area contributed by atoms with E-state index in [1.807, 2.05) is 6.07 Å². The Hall–Kier alpha value is -2.35. The molecule has 1 atom stereocenters. The number of rotatable bonds is 3. The fourth-order valence-corrected chi connectivity index (χ4v) is 1.92. The van der Waals surface area contributed by atoms with Gasteiger partial charge in [-0.15, -0.1) is 0 Å². The number of nitrogens with zero attached hydrogens (tertiary/aromatic N) is 2. The Bertz CT molecular complexity index is 560. The van der Waals surface area contributed by atoms with Crippen LogP contribution in [0, 0.1) is 11.3 Å². The van der Waals surface area contributed by atoms with Crippen LogP contribution in [0.4, 0.5) is 0 Å². The zero-order chi connectivity index (χ0) is 13.2. The quantitative estimate of drug-likeness (QED) is 0.880. The molecule has 0 fully saturated rings. The Morgan fingerprint density at radius 2 is 2.44 bits per heavy atom. The van der Waals surface area contributed by atoms with E-state index in [1.165, 1.54) is 0 Å². The molecular formula is C13H12N2O3. The van der Waals surface area contributed by atoms with E-state index in [1.54, 1.807) is 25.1 Å². The summed E-state index contributed by atoms with van der Waals surface area (Å²) >= 11 is 0. The highest BCUT2D eigenvalue weighted by Crippen LogP contribution is 2.29. The summed E-state index contributed by atoms with van der Waals surface area (Å²) in [4.78, 5) is 15.9. The zero-order valence-electron chi connectivity index (χ0n) is 9.88. The second-order valence-corrected chi connectivity index (χ2v) is 4.52. The molecule has 1 heterocycles. The van der Waals surface area contributed by atoms with Gasteiger partial charge < -0.3 is 9.94 Å². The molecule has 0 spiro atoms.